The average Bonchev–Trinajstić information content (AvgIpc) is 2.89. The van der Waals surface area contributed by atoms with Gasteiger partial charge in [-0.3, -0.25) is 4.79 Å². The number of ketones is 1. The third-order valence-electron chi connectivity index (χ3n) is 3.39. The SMILES string of the molecule is CC(=O)c1cc(S(=O)(=O)N(C)CCc2ccc(F)cc2)c(N)s1. The summed E-state index contributed by atoms with van der Waals surface area (Å²) in [5, 5.41) is 0.101. The monoisotopic (exact) mass is 356 g/mol. The number of halogens is 1. The van der Waals surface area contributed by atoms with Crippen molar-refractivity contribution < 1.29 is 17.6 Å². The van der Waals surface area contributed by atoms with Crippen LogP contribution >= 0.6 is 11.3 Å². The molecule has 0 aliphatic rings. The summed E-state index contributed by atoms with van der Waals surface area (Å²) in [5.74, 6) is -0.561. The Kier molecular flexibility index (Phi) is 5.18. The van der Waals surface area contributed by atoms with E-state index in [2.05, 4.69) is 0 Å². The Morgan fingerprint density at radius 1 is 1.30 bits per heavy atom. The summed E-state index contributed by atoms with van der Waals surface area (Å²) in [5.41, 5.74) is 6.58. The minimum absolute atomic E-state index is 0.0469. The predicted molar refractivity (Wildman–Crippen MR) is 88.7 cm³/mol. The van der Waals surface area contributed by atoms with Gasteiger partial charge in [-0.25, -0.2) is 17.1 Å². The lowest BCUT2D eigenvalue weighted by Gasteiger charge is -2.16. The van der Waals surface area contributed by atoms with E-state index in [1.54, 1.807) is 12.1 Å². The number of thiophene rings is 1. The molecular weight excluding hydrogens is 339 g/mol. The summed E-state index contributed by atoms with van der Waals surface area (Å²) in [7, 11) is -2.32. The number of carbonyl (C=O) groups is 1. The molecule has 1 aromatic heterocycles. The van der Waals surface area contributed by atoms with E-state index >= 15 is 0 Å². The molecule has 0 amide bonds. The zero-order valence-corrected chi connectivity index (χ0v) is 14.4. The quantitative estimate of drug-likeness (QED) is 0.807. The summed E-state index contributed by atoms with van der Waals surface area (Å²) in [6.07, 6.45) is 0.444. The number of nitrogens with two attached hydrogens (primary N) is 1. The Hall–Kier alpha value is -1.77. The molecule has 8 heteroatoms. The molecule has 0 bridgehead atoms. The van der Waals surface area contributed by atoms with Gasteiger partial charge in [0.1, 0.15) is 15.7 Å². The molecule has 0 radical (unpaired) electrons. The number of likely N-dealkylation sites (N-methyl/N-ethyl adjacent to an activating group) is 1. The second-order valence-electron chi connectivity index (χ2n) is 5.10. The van der Waals surface area contributed by atoms with Crippen molar-refractivity contribution in [3.63, 3.8) is 0 Å². The third kappa shape index (κ3) is 3.95. The van der Waals surface area contributed by atoms with Crippen LogP contribution in [0.1, 0.15) is 22.2 Å². The fourth-order valence-electron chi connectivity index (χ4n) is 1.99. The summed E-state index contributed by atoms with van der Waals surface area (Å²) < 4.78 is 39.1. The Morgan fingerprint density at radius 3 is 2.43 bits per heavy atom. The number of hydrogen-bond acceptors (Lipinski definition) is 5. The molecule has 2 N–H and O–H groups in total. The first-order chi connectivity index (χ1) is 10.7. The molecule has 0 fully saturated rings. The van der Waals surface area contributed by atoms with Crippen LogP contribution in [0, 0.1) is 5.82 Å². The van der Waals surface area contributed by atoms with Gasteiger partial charge in [0.2, 0.25) is 10.0 Å². The molecule has 0 saturated carbocycles. The topological polar surface area (TPSA) is 80.5 Å². The molecule has 0 aliphatic heterocycles. The van der Waals surface area contributed by atoms with Gasteiger partial charge in [-0.15, -0.1) is 11.3 Å². The maximum Gasteiger partial charge on any atom is 0.245 e. The highest BCUT2D eigenvalue weighted by atomic mass is 32.2. The van der Waals surface area contributed by atoms with Crippen molar-refractivity contribution in [3.05, 3.63) is 46.6 Å². The van der Waals surface area contributed by atoms with Crippen molar-refractivity contribution >= 4 is 32.1 Å². The van der Waals surface area contributed by atoms with Crippen molar-refractivity contribution in [3.8, 4) is 0 Å². The Balaban J connectivity index is 2.15. The van der Waals surface area contributed by atoms with Gasteiger partial charge < -0.3 is 5.73 Å². The largest absolute Gasteiger partial charge is 0.389 e. The predicted octanol–water partition coefficient (Wildman–Crippen LogP) is 2.54. The molecule has 5 nitrogen and oxygen atoms in total. The number of Topliss-reactive ketones (excluding diaryl/α,β-unsaturated/α-hetero) is 1. The van der Waals surface area contributed by atoms with E-state index in [4.69, 9.17) is 5.73 Å². The first-order valence-corrected chi connectivity index (χ1v) is 9.08. The van der Waals surface area contributed by atoms with Gasteiger partial charge in [0.25, 0.3) is 0 Å². The molecule has 0 aliphatic carbocycles. The summed E-state index contributed by atoms with van der Waals surface area (Å²) >= 11 is 0.964. The number of nitrogens with zero attached hydrogens (tertiary/aromatic N) is 1. The lowest BCUT2D eigenvalue weighted by atomic mass is 10.1. The van der Waals surface area contributed by atoms with Crippen LogP contribution in [0.2, 0.25) is 0 Å². The molecule has 0 unspecified atom stereocenters. The maximum atomic E-state index is 12.9. The molecule has 23 heavy (non-hydrogen) atoms. The van der Waals surface area contributed by atoms with Crippen LogP contribution in [0.4, 0.5) is 9.39 Å². The van der Waals surface area contributed by atoms with Crippen molar-refractivity contribution in [2.24, 2.45) is 0 Å². The number of sulfonamides is 1. The zero-order chi connectivity index (χ0) is 17.2. The molecule has 0 atom stereocenters. The number of rotatable bonds is 6. The first-order valence-electron chi connectivity index (χ1n) is 6.83. The summed E-state index contributed by atoms with van der Waals surface area (Å²) in [6, 6.07) is 7.21. The van der Waals surface area contributed by atoms with E-state index in [0.29, 0.717) is 11.3 Å². The first kappa shape index (κ1) is 17.6. The van der Waals surface area contributed by atoms with Gasteiger partial charge in [0.15, 0.2) is 5.78 Å². The van der Waals surface area contributed by atoms with Crippen molar-refractivity contribution in [2.45, 2.75) is 18.2 Å². The summed E-state index contributed by atoms with van der Waals surface area (Å²) in [6.45, 7) is 1.58. The summed E-state index contributed by atoms with van der Waals surface area (Å²) in [4.78, 5) is 11.6. The lowest BCUT2D eigenvalue weighted by molar-refractivity contribution is 0.102. The fraction of sp³-hybridized carbons (Fsp3) is 0.267. The van der Waals surface area contributed by atoms with Crippen molar-refractivity contribution in [1.29, 1.82) is 0 Å². The van der Waals surface area contributed by atoms with Crippen LogP contribution in [0.25, 0.3) is 0 Å². The van der Waals surface area contributed by atoms with Crippen LogP contribution in [0.3, 0.4) is 0 Å². The van der Waals surface area contributed by atoms with E-state index in [9.17, 15) is 17.6 Å². The van der Waals surface area contributed by atoms with E-state index < -0.39 is 10.0 Å². The van der Waals surface area contributed by atoms with Crippen LogP contribution in [-0.2, 0) is 16.4 Å². The highest BCUT2D eigenvalue weighted by molar-refractivity contribution is 7.89. The highest BCUT2D eigenvalue weighted by Gasteiger charge is 2.26. The number of anilines is 1. The van der Waals surface area contributed by atoms with Gasteiger partial charge in [-0.05, 0) is 37.1 Å². The standard InChI is InChI=1S/C15H17FN2O3S2/c1-10(19)13-9-14(15(17)22-13)23(20,21)18(2)8-7-11-3-5-12(16)6-4-11/h3-6,9H,7-8,17H2,1-2H3. The minimum atomic E-state index is -3.77. The Morgan fingerprint density at radius 2 is 1.91 bits per heavy atom. The third-order valence-corrected chi connectivity index (χ3v) is 6.48. The fourth-order valence-corrected chi connectivity index (χ4v) is 4.41. The molecule has 124 valence electrons. The molecular formula is C15H17FN2O3S2. The number of hydrogen-bond donors (Lipinski definition) is 1. The maximum absolute atomic E-state index is 12.9. The van der Waals surface area contributed by atoms with Crippen LogP contribution in [-0.4, -0.2) is 32.1 Å². The molecule has 0 saturated heterocycles. The lowest BCUT2D eigenvalue weighted by Crippen LogP contribution is -2.29. The number of carbonyl (C=O) groups excluding carboxylic acids is 1. The molecule has 2 aromatic rings. The van der Waals surface area contributed by atoms with Crippen LogP contribution in [0.5, 0.6) is 0 Å². The van der Waals surface area contributed by atoms with Gasteiger partial charge in [-0.1, -0.05) is 12.1 Å². The second-order valence-corrected chi connectivity index (χ2v) is 8.20. The van der Waals surface area contributed by atoms with Gasteiger partial charge >= 0.3 is 0 Å². The van der Waals surface area contributed by atoms with E-state index in [1.807, 2.05) is 0 Å². The Bertz CT molecular complexity index is 814. The zero-order valence-electron chi connectivity index (χ0n) is 12.7. The molecule has 0 spiro atoms. The van der Waals surface area contributed by atoms with E-state index in [-0.39, 0.29) is 28.0 Å². The molecule has 2 rings (SSSR count). The minimum Gasteiger partial charge on any atom is -0.389 e. The molecule has 1 aromatic carbocycles. The van der Waals surface area contributed by atoms with Crippen LogP contribution in [0.15, 0.2) is 35.2 Å². The van der Waals surface area contributed by atoms with Crippen molar-refractivity contribution in [2.75, 3.05) is 19.3 Å². The normalized spacial score (nSPS) is 11.8. The van der Waals surface area contributed by atoms with Gasteiger partial charge in [-0.2, -0.15) is 0 Å². The van der Waals surface area contributed by atoms with E-state index in [1.165, 1.54) is 36.5 Å². The van der Waals surface area contributed by atoms with Gasteiger partial charge in [0.05, 0.1) is 4.88 Å². The number of nitrogen functional groups attached to an aromatic ring is 1. The average molecular weight is 356 g/mol. The number of benzene rings is 1. The highest BCUT2D eigenvalue weighted by Crippen LogP contribution is 2.31. The Labute approximate surface area is 138 Å². The van der Waals surface area contributed by atoms with E-state index in [0.717, 1.165) is 16.9 Å². The van der Waals surface area contributed by atoms with Crippen molar-refractivity contribution in [1.82, 2.24) is 4.31 Å². The van der Waals surface area contributed by atoms with Gasteiger partial charge in [0, 0.05) is 13.6 Å². The second kappa shape index (κ2) is 6.77. The smallest absolute Gasteiger partial charge is 0.245 e. The van der Waals surface area contributed by atoms with Crippen LogP contribution < -0.4 is 5.73 Å². The molecule has 1 heterocycles.